The van der Waals surface area contributed by atoms with Gasteiger partial charge in [-0.1, -0.05) is 6.58 Å². The summed E-state index contributed by atoms with van der Waals surface area (Å²) in [5.74, 6) is -0.812. The van der Waals surface area contributed by atoms with Crippen molar-refractivity contribution in [3.63, 3.8) is 0 Å². The number of unbranched alkanes of at least 4 members (excludes halogenated alkanes) is 2. The standard InChI is InChI=1S/C16H27NO4/c1-12(2)15(18)19-10-7-5-6-8-16-17(9-11-20-16)13(3)14(4)21-16/h13-14H,1,5-11H2,2-4H3. The molecule has 0 aromatic rings. The van der Waals surface area contributed by atoms with Crippen molar-refractivity contribution in [2.75, 3.05) is 19.8 Å². The molecule has 2 heterocycles. The van der Waals surface area contributed by atoms with Gasteiger partial charge in [-0.05, 0) is 40.0 Å². The molecule has 2 saturated heterocycles. The maximum atomic E-state index is 11.2. The monoisotopic (exact) mass is 297 g/mol. The average molecular weight is 297 g/mol. The molecule has 0 saturated carbocycles. The van der Waals surface area contributed by atoms with Gasteiger partial charge < -0.3 is 14.2 Å². The van der Waals surface area contributed by atoms with E-state index in [0.29, 0.717) is 18.2 Å². The molecule has 0 radical (unpaired) electrons. The van der Waals surface area contributed by atoms with E-state index >= 15 is 0 Å². The Morgan fingerprint density at radius 3 is 2.86 bits per heavy atom. The summed E-state index contributed by atoms with van der Waals surface area (Å²) >= 11 is 0. The molecule has 5 nitrogen and oxygen atoms in total. The predicted molar refractivity (Wildman–Crippen MR) is 79.6 cm³/mol. The first-order valence-corrected chi connectivity index (χ1v) is 7.87. The molecule has 2 aliphatic heterocycles. The van der Waals surface area contributed by atoms with Gasteiger partial charge in [0.05, 0.1) is 19.3 Å². The molecule has 0 spiro atoms. The Hall–Kier alpha value is -0.910. The van der Waals surface area contributed by atoms with E-state index in [9.17, 15) is 4.79 Å². The molecule has 0 bridgehead atoms. The summed E-state index contributed by atoms with van der Waals surface area (Å²) in [6, 6.07) is 0.407. The molecule has 2 aliphatic rings. The first kappa shape index (κ1) is 16.5. The molecular weight excluding hydrogens is 270 g/mol. The van der Waals surface area contributed by atoms with E-state index in [2.05, 4.69) is 25.3 Å². The fourth-order valence-corrected chi connectivity index (χ4v) is 3.00. The molecule has 5 heteroatoms. The minimum Gasteiger partial charge on any atom is -0.462 e. The molecule has 0 aromatic heterocycles. The summed E-state index contributed by atoms with van der Waals surface area (Å²) in [5.41, 5.74) is 0.450. The quantitative estimate of drug-likeness (QED) is 0.410. The first-order valence-electron chi connectivity index (χ1n) is 7.87. The second kappa shape index (κ2) is 6.90. The molecule has 3 unspecified atom stereocenters. The van der Waals surface area contributed by atoms with Gasteiger partial charge >= 0.3 is 5.97 Å². The first-order chi connectivity index (χ1) is 9.96. The van der Waals surface area contributed by atoms with E-state index in [-0.39, 0.29) is 12.1 Å². The Morgan fingerprint density at radius 1 is 1.38 bits per heavy atom. The van der Waals surface area contributed by atoms with E-state index in [0.717, 1.165) is 38.8 Å². The minimum absolute atomic E-state index is 0.210. The third kappa shape index (κ3) is 3.65. The lowest BCUT2D eigenvalue weighted by Gasteiger charge is -2.30. The van der Waals surface area contributed by atoms with Crippen LogP contribution in [0.4, 0.5) is 0 Å². The lowest BCUT2D eigenvalue weighted by Crippen LogP contribution is -2.43. The molecule has 0 N–H and O–H groups in total. The Kier molecular flexibility index (Phi) is 5.41. The average Bonchev–Trinajstić information content (AvgIpc) is 2.93. The third-order valence-corrected chi connectivity index (χ3v) is 4.36. The molecule has 0 aliphatic carbocycles. The number of hydrogen-bond donors (Lipinski definition) is 0. The molecule has 3 atom stereocenters. The van der Waals surface area contributed by atoms with E-state index < -0.39 is 5.91 Å². The Balaban J connectivity index is 1.67. The predicted octanol–water partition coefficient (Wildman–Crippen LogP) is 2.46. The van der Waals surface area contributed by atoms with Crippen LogP contribution >= 0.6 is 0 Å². The smallest absolute Gasteiger partial charge is 0.333 e. The van der Waals surface area contributed by atoms with Gasteiger partial charge in [0.2, 0.25) is 5.91 Å². The Bertz CT molecular complexity index is 398. The highest BCUT2D eigenvalue weighted by Crippen LogP contribution is 2.40. The van der Waals surface area contributed by atoms with Gasteiger partial charge in [-0.3, -0.25) is 0 Å². The number of fused-ring (bicyclic) bond motifs is 1. The summed E-state index contributed by atoms with van der Waals surface area (Å²) in [4.78, 5) is 13.6. The van der Waals surface area contributed by atoms with Crippen molar-refractivity contribution in [2.24, 2.45) is 0 Å². The van der Waals surface area contributed by atoms with Gasteiger partial charge in [0, 0.05) is 24.6 Å². The van der Waals surface area contributed by atoms with E-state index in [1.807, 2.05) is 0 Å². The summed E-state index contributed by atoms with van der Waals surface area (Å²) < 4.78 is 17.0. The highest BCUT2D eigenvalue weighted by molar-refractivity contribution is 5.86. The molecular formula is C16H27NO4. The number of nitrogens with zero attached hydrogens (tertiary/aromatic N) is 1. The van der Waals surface area contributed by atoms with Gasteiger partial charge in [-0.15, -0.1) is 0 Å². The molecule has 21 heavy (non-hydrogen) atoms. The zero-order valence-corrected chi connectivity index (χ0v) is 13.4. The summed E-state index contributed by atoms with van der Waals surface area (Å²) in [5, 5.41) is 0. The van der Waals surface area contributed by atoms with Crippen LogP contribution in [0, 0.1) is 0 Å². The molecule has 0 aromatic carbocycles. The van der Waals surface area contributed by atoms with Crippen molar-refractivity contribution in [3.05, 3.63) is 12.2 Å². The number of carbonyl (C=O) groups is 1. The molecule has 120 valence electrons. The summed E-state index contributed by atoms with van der Waals surface area (Å²) in [6.45, 7) is 11.7. The van der Waals surface area contributed by atoms with Gasteiger partial charge in [-0.25, -0.2) is 9.69 Å². The molecule has 0 amide bonds. The van der Waals surface area contributed by atoms with Crippen molar-refractivity contribution < 1.29 is 19.0 Å². The zero-order chi connectivity index (χ0) is 15.5. The van der Waals surface area contributed by atoms with E-state index in [1.165, 1.54) is 0 Å². The fourth-order valence-electron chi connectivity index (χ4n) is 3.00. The number of carbonyl (C=O) groups excluding carboxylic acids is 1. The van der Waals surface area contributed by atoms with Crippen LogP contribution in [0.3, 0.4) is 0 Å². The highest BCUT2D eigenvalue weighted by Gasteiger charge is 2.53. The van der Waals surface area contributed by atoms with Crippen LogP contribution in [-0.4, -0.2) is 48.7 Å². The minimum atomic E-state index is -0.507. The van der Waals surface area contributed by atoms with Crippen molar-refractivity contribution in [1.29, 1.82) is 0 Å². The second-order valence-electron chi connectivity index (χ2n) is 6.05. The van der Waals surface area contributed by atoms with Crippen LogP contribution in [0.25, 0.3) is 0 Å². The van der Waals surface area contributed by atoms with Gasteiger partial charge in [0.15, 0.2) is 0 Å². The van der Waals surface area contributed by atoms with Crippen molar-refractivity contribution in [2.45, 2.75) is 64.5 Å². The van der Waals surface area contributed by atoms with Gasteiger partial charge in [0.25, 0.3) is 0 Å². The maximum Gasteiger partial charge on any atom is 0.333 e. The second-order valence-corrected chi connectivity index (χ2v) is 6.05. The lowest BCUT2D eigenvalue weighted by atomic mass is 10.1. The number of rotatable bonds is 7. The SMILES string of the molecule is C=C(C)C(=O)OCCCCCC12OCCN1C(C)C(C)O2. The highest BCUT2D eigenvalue weighted by atomic mass is 16.7. The number of hydrogen-bond acceptors (Lipinski definition) is 5. The third-order valence-electron chi connectivity index (χ3n) is 4.36. The van der Waals surface area contributed by atoms with Crippen LogP contribution in [-0.2, 0) is 19.0 Å². The van der Waals surface area contributed by atoms with Crippen LogP contribution in [0.5, 0.6) is 0 Å². The summed E-state index contributed by atoms with van der Waals surface area (Å²) in [6.07, 6.45) is 3.94. The Labute approximate surface area is 127 Å². The fraction of sp³-hybridized carbons (Fsp3) is 0.812. The van der Waals surface area contributed by atoms with Crippen molar-refractivity contribution in [1.82, 2.24) is 4.90 Å². The Morgan fingerprint density at radius 2 is 2.14 bits per heavy atom. The van der Waals surface area contributed by atoms with E-state index in [4.69, 9.17) is 14.2 Å². The van der Waals surface area contributed by atoms with Crippen molar-refractivity contribution >= 4 is 5.97 Å². The zero-order valence-electron chi connectivity index (χ0n) is 13.4. The van der Waals surface area contributed by atoms with Gasteiger partial charge in [0.1, 0.15) is 0 Å². The van der Waals surface area contributed by atoms with Gasteiger partial charge in [-0.2, -0.15) is 0 Å². The normalized spacial score (nSPS) is 32.1. The van der Waals surface area contributed by atoms with Crippen LogP contribution < -0.4 is 0 Å². The van der Waals surface area contributed by atoms with E-state index in [1.54, 1.807) is 6.92 Å². The lowest BCUT2D eigenvalue weighted by molar-refractivity contribution is -0.247. The van der Waals surface area contributed by atoms with Crippen molar-refractivity contribution in [3.8, 4) is 0 Å². The van der Waals surface area contributed by atoms with Crippen LogP contribution in [0.2, 0.25) is 0 Å². The topological polar surface area (TPSA) is 48.0 Å². The maximum absolute atomic E-state index is 11.2. The molecule has 2 fully saturated rings. The number of ether oxygens (including phenoxy) is 3. The number of esters is 1. The largest absolute Gasteiger partial charge is 0.462 e. The molecule has 2 rings (SSSR count). The van der Waals surface area contributed by atoms with Crippen LogP contribution in [0.15, 0.2) is 12.2 Å². The van der Waals surface area contributed by atoms with Crippen LogP contribution in [0.1, 0.15) is 46.5 Å². The summed E-state index contributed by atoms with van der Waals surface area (Å²) in [7, 11) is 0.